The van der Waals surface area contributed by atoms with Gasteiger partial charge in [0.05, 0.1) is 17.9 Å². The lowest BCUT2D eigenvalue weighted by molar-refractivity contribution is -0.120. The van der Waals surface area contributed by atoms with E-state index in [1.54, 1.807) is 32.2 Å². The molecule has 1 aliphatic rings. The van der Waals surface area contributed by atoms with Crippen molar-refractivity contribution in [1.82, 2.24) is 0 Å². The number of nitrogens with zero attached hydrogens (tertiary/aromatic N) is 1. The number of ether oxygens (including phenoxy) is 2. The molecule has 1 heterocycles. The van der Waals surface area contributed by atoms with E-state index < -0.39 is 5.97 Å². The lowest BCUT2D eigenvalue weighted by Gasteiger charge is -2.26. The molecule has 0 fully saturated rings. The molecule has 1 aromatic rings. The van der Waals surface area contributed by atoms with Gasteiger partial charge in [-0.25, -0.2) is 4.79 Å². The molecule has 17 heavy (non-hydrogen) atoms. The maximum atomic E-state index is 11.6. The van der Waals surface area contributed by atoms with Crippen LogP contribution in [0.1, 0.15) is 17.3 Å². The van der Waals surface area contributed by atoms with Gasteiger partial charge in [0.1, 0.15) is 5.75 Å². The summed E-state index contributed by atoms with van der Waals surface area (Å²) in [6.45, 7) is 2.10. The highest BCUT2D eigenvalue weighted by Crippen LogP contribution is 2.32. The van der Waals surface area contributed by atoms with Gasteiger partial charge in [-0.15, -0.1) is 0 Å². The summed E-state index contributed by atoms with van der Waals surface area (Å²) in [4.78, 5) is 24.5. The van der Waals surface area contributed by atoms with Crippen LogP contribution in [0.25, 0.3) is 0 Å². The summed E-state index contributed by atoms with van der Waals surface area (Å²) in [6.07, 6.45) is 0. The number of rotatable bonds is 2. The Morgan fingerprint density at radius 3 is 3.00 bits per heavy atom. The van der Waals surface area contributed by atoms with Crippen molar-refractivity contribution in [2.75, 3.05) is 25.2 Å². The Bertz CT molecular complexity index is 470. The minimum atomic E-state index is -0.401. The van der Waals surface area contributed by atoms with E-state index in [1.165, 1.54) is 4.90 Å². The van der Waals surface area contributed by atoms with Gasteiger partial charge in [0, 0.05) is 7.05 Å². The van der Waals surface area contributed by atoms with Crippen LogP contribution in [0.15, 0.2) is 18.2 Å². The summed E-state index contributed by atoms with van der Waals surface area (Å²) < 4.78 is 10.2. The second kappa shape index (κ2) is 4.45. The Morgan fingerprint density at radius 1 is 1.53 bits per heavy atom. The van der Waals surface area contributed by atoms with Crippen molar-refractivity contribution < 1.29 is 19.1 Å². The fourth-order valence-electron chi connectivity index (χ4n) is 1.61. The van der Waals surface area contributed by atoms with Gasteiger partial charge in [0.2, 0.25) is 0 Å². The van der Waals surface area contributed by atoms with E-state index in [9.17, 15) is 9.59 Å². The SMILES string of the molecule is CCOC(=O)c1ccc2c(c1)N(C)C(=O)CO2. The minimum Gasteiger partial charge on any atom is -0.482 e. The molecule has 5 heteroatoms. The number of esters is 1. The van der Waals surface area contributed by atoms with Crippen LogP contribution in [0.3, 0.4) is 0 Å². The number of fused-ring (bicyclic) bond motifs is 1. The van der Waals surface area contributed by atoms with Crippen molar-refractivity contribution in [2.45, 2.75) is 6.92 Å². The van der Waals surface area contributed by atoms with E-state index in [-0.39, 0.29) is 12.5 Å². The average Bonchev–Trinajstić information content (AvgIpc) is 2.34. The van der Waals surface area contributed by atoms with Crippen LogP contribution in [0, 0.1) is 0 Å². The van der Waals surface area contributed by atoms with Crippen LogP contribution in [0.4, 0.5) is 5.69 Å². The first-order chi connectivity index (χ1) is 8.13. The van der Waals surface area contributed by atoms with Gasteiger partial charge in [-0.3, -0.25) is 4.79 Å². The van der Waals surface area contributed by atoms with Crippen LogP contribution in [0.2, 0.25) is 0 Å². The molecule has 1 amide bonds. The second-order valence-electron chi connectivity index (χ2n) is 3.64. The van der Waals surface area contributed by atoms with Gasteiger partial charge in [-0.05, 0) is 25.1 Å². The van der Waals surface area contributed by atoms with Crippen molar-refractivity contribution in [3.63, 3.8) is 0 Å². The summed E-state index contributed by atoms with van der Waals surface area (Å²) in [5, 5.41) is 0. The van der Waals surface area contributed by atoms with Crippen molar-refractivity contribution >= 4 is 17.6 Å². The number of likely N-dealkylation sites (N-methyl/N-ethyl adjacent to an activating group) is 1. The molecule has 0 atom stereocenters. The molecule has 1 aliphatic heterocycles. The topological polar surface area (TPSA) is 55.8 Å². The quantitative estimate of drug-likeness (QED) is 0.723. The molecule has 5 nitrogen and oxygen atoms in total. The summed E-state index contributed by atoms with van der Waals surface area (Å²) in [5.74, 6) is 0.0559. The zero-order valence-corrected chi connectivity index (χ0v) is 9.73. The van der Waals surface area contributed by atoms with Crippen LogP contribution in [-0.4, -0.2) is 32.1 Å². The Labute approximate surface area is 98.9 Å². The van der Waals surface area contributed by atoms with Gasteiger partial charge in [0.25, 0.3) is 5.91 Å². The lowest BCUT2D eigenvalue weighted by Crippen LogP contribution is -2.35. The Morgan fingerprint density at radius 2 is 2.29 bits per heavy atom. The van der Waals surface area contributed by atoms with Crippen molar-refractivity contribution in [3.8, 4) is 5.75 Å². The molecular formula is C12H13NO4. The summed E-state index contributed by atoms with van der Waals surface area (Å²) in [5.41, 5.74) is 1.00. The molecule has 0 N–H and O–H groups in total. The largest absolute Gasteiger partial charge is 0.482 e. The molecular weight excluding hydrogens is 222 g/mol. The Kier molecular flexibility index (Phi) is 2.99. The zero-order chi connectivity index (χ0) is 12.4. The van der Waals surface area contributed by atoms with Crippen LogP contribution < -0.4 is 9.64 Å². The van der Waals surface area contributed by atoms with Gasteiger partial charge in [-0.2, -0.15) is 0 Å². The standard InChI is InChI=1S/C12H13NO4/c1-3-16-12(15)8-4-5-10-9(6-8)13(2)11(14)7-17-10/h4-6H,3,7H2,1-2H3. The van der Waals surface area contributed by atoms with Crippen LogP contribution in [0.5, 0.6) is 5.75 Å². The molecule has 0 aromatic heterocycles. The fraction of sp³-hybridized carbons (Fsp3) is 0.333. The normalized spacial score (nSPS) is 14.0. The highest BCUT2D eigenvalue weighted by Gasteiger charge is 2.23. The van der Waals surface area contributed by atoms with Crippen molar-refractivity contribution in [3.05, 3.63) is 23.8 Å². The minimum absolute atomic E-state index is 0.0300. The van der Waals surface area contributed by atoms with Crippen molar-refractivity contribution in [1.29, 1.82) is 0 Å². The van der Waals surface area contributed by atoms with Gasteiger partial charge in [-0.1, -0.05) is 0 Å². The molecule has 0 unspecified atom stereocenters. The van der Waals surface area contributed by atoms with Gasteiger partial charge >= 0.3 is 5.97 Å². The van der Waals surface area contributed by atoms with Gasteiger partial charge in [0.15, 0.2) is 6.61 Å². The lowest BCUT2D eigenvalue weighted by atomic mass is 10.1. The maximum Gasteiger partial charge on any atom is 0.338 e. The molecule has 0 saturated heterocycles. The number of carbonyl (C=O) groups excluding carboxylic acids is 2. The zero-order valence-electron chi connectivity index (χ0n) is 9.73. The molecule has 1 aromatic carbocycles. The first-order valence-electron chi connectivity index (χ1n) is 5.34. The van der Waals surface area contributed by atoms with Crippen molar-refractivity contribution in [2.24, 2.45) is 0 Å². The molecule has 0 radical (unpaired) electrons. The van der Waals surface area contributed by atoms with E-state index in [2.05, 4.69) is 0 Å². The molecule has 0 saturated carbocycles. The number of benzene rings is 1. The number of hydrogen-bond acceptors (Lipinski definition) is 4. The predicted octanol–water partition coefficient (Wildman–Crippen LogP) is 1.22. The van der Waals surface area contributed by atoms with Crippen LogP contribution >= 0.6 is 0 Å². The van der Waals surface area contributed by atoms with E-state index in [0.717, 1.165) is 0 Å². The third-order valence-corrected chi connectivity index (χ3v) is 2.56. The summed E-state index contributed by atoms with van der Waals surface area (Å²) in [6, 6.07) is 4.90. The Balaban J connectivity index is 2.35. The first-order valence-corrected chi connectivity index (χ1v) is 5.34. The maximum absolute atomic E-state index is 11.6. The first kappa shape index (κ1) is 11.4. The predicted molar refractivity (Wildman–Crippen MR) is 61.3 cm³/mol. The van der Waals surface area contributed by atoms with E-state index >= 15 is 0 Å². The summed E-state index contributed by atoms with van der Waals surface area (Å²) >= 11 is 0. The molecule has 2 rings (SSSR count). The number of amides is 1. The van der Waals surface area contributed by atoms with E-state index in [1.807, 2.05) is 0 Å². The van der Waals surface area contributed by atoms with Crippen LogP contribution in [-0.2, 0) is 9.53 Å². The highest BCUT2D eigenvalue weighted by atomic mass is 16.5. The molecule has 0 aliphatic carbocycles. The second-order valence-corrected chi connectivity index (χ2v) is 3.64. The number of carbonyl (C=O) groups is 2. The summed E-state index contributed by atoms with van der Waals surface area (Å²) in [7, 11) is 1.65. The Hall–Kier alpha value is -2.04. The van der Waals surface area contributed by atoms with E-state index in [0.29, 0.717) is 23.6 Å². The number of hydrogen-bond donors (Lipinski definition) is 0. The molecule has 90 valence electrons. The smallest absolute Gasteiger partial charge is 0.338 e. The third-order valence-electron chi connectivity index (χ3n) is 2.56. The average molecular weight is 235 g/mol. The molecule has 0 bridgehead atoms. The van der Waals surface area contributed by atoms with E-state index in [4.69, 9.17) is 9.47 Å². The van der Waals surface area contributed by atoms with Gasteiger partial charge < -0.3 is 14.4 Å². The molecule has 0 spiro atoms. The number of anilines is 1. The third kappa shape index (κ3) is 2.08. The monoisotopic (exact) mass is 235 g/mol. The fourth-order valence-corrected chi connectivity index (χ4v) is 1.61. The highest BCUT2D eigenvalue weighted by molar-refractivity contribution is 5.99.